The first kappa shape index (κ1) is 21.0. The maximum absolute atomic E-state index is 14.1. The van der Waals surface area contributed by atoms with E-state index in [1.165, 1.54) is 0 Å². The monoisotopic (exact) mass is 598 g/mol. The summed E-state index contributed by atoms with van der Waals surface area (Å²) in [5.74, 6) is -19.1. The Morgan fingerprint density at radius 2 is 0.769 bits per heavy atom. The van der Waals surface area contributed by atoms with Crippen LogP contribution in [0.15, 0.2) is 0 Å². The van der Waals surface area contributed by atoms with Gasteiger partial charge >= 0.3 is 153 Å². The van der Waals surface area contributed by atoms with Gasteiger partial charge < -0.3 is 0 Å². The molecule has 0 aliphatic heterocycles. The summed E-state index contributed by atoms with van der Waals surface area (Å²) in [5.41, 5.74) is 0. The molecule has 0 radical (unpaired) electrons. The fourth-order valence-corrected chi connectivity index (χ4v) is 12.1. The molecule has 0 bridgehead atoms. The van der Waals surface area contributed by atoms with Crippen molar-refractivity contribution in [2.45, 2.75) is 0 Å². The summed E-state index contributed by atoms with van der Waals surface area (Å²) in [7, 11) is 7.18. The van der Waals surface area contributed by atoms with Gasteiger partial charge in [-0.3, -0.25) is 0 Å². The molecule has 0 amide bonds. The first-order chi connectivity index (χ1) is 12.1. The van der Waals surface area contributed by atoms with E-state index < -0.39 is 85.8 Å². The Bertz CT molecular complexity index is 763. The van der Waals surface area contributed by atoms with Crippen LogP contribution in [0.25, 0.3) is 0 Å². The van der Waals surface area contributed by atoms with Crippen LogP contribution in [-0.2, 0) is 0 Å². The second kappa shape index (κ2) is 7.74. The van der Waals surface area contributed by atoms with Crippen LogP contribution >= 0.6 is 8.32 Å². The third kappa shape index (κ3) is 3.10. The number of benzene rings is 2. The van der Waals surface area contributed by atoms with Gasteiger partial charge in [-0.2, -0.15) is 0 Å². The quantitative estimate of drug-likeness (QED) is 0.306. The Kier molecular flexibility index (Phi) is 6.25. The summed E-state index contributed by atoms with van der Waals surface area (Å²) < 4.78 is 117. The van der Waals surface area contributed by atoms with Crippen LogP contribution in [0.2, 0.25) is 0 Å². The topological polar surface area (TPSA) is 18.5 Å². The molecule has 2 rings (SSSR count). The Morgan fingerprint density at radius 1 is 0.538 bits per heavy atom. The molecule has 26 heavy (non-hydrogen) atoms. The van der Waals surface area contributed by atoms with Gasteiger partial charge in [-0.15, -0.1) is 0 Å². The van der Waals surface area contributed by atoms with Gasteiger partial charge in [0, 0.05) is 0 Å². The van der Waals surface area contributed by atoms with Crippen LogP contribution in [0.4, 0.5) is 35.1 Å². The van der Waals surface area contributed by atoms with Crippen LogP contribution in [0.1, 0.15) is 0 Å². The Labute approximate surface area is 152 Å². The van der Waals surface area contributed by atoms with Crippen LogP contribution in [-0.4, -0.2) is 35.7 Å². The van der Waals surface area contributed by atoms with Crippen molar-refractivity contribution < 1.29 is 44.6 Å². The van der Waals surface area contributed by atoms with Crippen LogP contribution in [0.3, 0.4) is 0 Å². The molecule has 0 aromatic heterocycles. The molecule has 0 fully saturated rings. The predicted molar refractivity (Wildman–Crippen MR) is 76.5 cm³/mol. The summed E-state index contributed by atoms with van der Waals surface area (Å²) in [6.07, 6.45) is 0. The normalized spacial score (nSPS) is 10.9. The van der Waals surface area contributed by atoms with Crippen molar-refractivity contribution in [2.75, 3.05) is 14.2 Å². The first-order valence-corrected chi connectivity index (χ1v) is 16.5. The SMILES string of the molecule is COc1c(F)c(F)[c]([Tl]([Cl])[c]2c(F)c(F)c(OC)c(F)c2F)c(F)c1F. The van der Waals surface area contributed by atoms with E-state index in [2.05, 4.69) is 9.47 Å². The van der Waals surface area contributed by atoms with E-state index in [0.29, 0.717) is 0 Å². The molecule has 140 valence electrons. The van der Waals surface area contributed by atoms with Gasteiger partial charge in [0.1, 0.15) is 0 Å². The first-order valence-electron chi connectivity index (χ1n) is 6.53. The standard InChI is InChI=1S/2C7H3F4O.ClH.Tl/c2*1-12-7-5(10)3(8)2-4(9)6(7)11;;/h2*1H3;1H;/q;;;+1/p-1. The van der Waals surface area contributed by atoms with Gasteiger partial charge in [0.15, 0.2) is 0 Å². The van der Waals surface area contributed by atoms with Crippen molar-refractivity contribution in [3.8, 4) is 11.5 Å². The van der Waals surface area contributed by atoms with Crippen molar-refractivity contribution >= 4 is 36.0 Å². The minimum absolute atomic E-state index is 0.718. The van der Waals surface area contributed by atoms with Gasteiger partial charge in [0.25, 0.3) is 0 Å². The van der Waals surface area contributed by atoms with E-state index in [4.69, 9.17) is 8.32 Å². The third-order valence-corrected chi connectivity index (χ3v) is 15.1. The van der Waals surface area contributed by atoms with Crippen molar-refractivity contribution in [3.63, 3.8) is 0 Å². The van der Waals surface area contributed by atoms with Gasteiger partial charge in [-0.25, -0.2) is 0 Å². The van der Waals surface area contributed by atoms with E-state index in [9.17, 15) is 35.1 Å². The van der Waals surface area contributed by atoms with Gasteiger partial charge in [-0.1, -0.05) is 0 Å². The number of methoxy groups -OCH3 is 2. The van der Waals surface area contributed by atoms with E-state index in [0.717, 1.165) is 14.2 Å². The summed E-state index contributed by atoms with van der Waals surface area (Å²) in [4.78, 5) is 0. The number of rotatable bonds is 4. The van der Waals surface area contributed by atoms with E-state index in [1.807, 2.05) is 0 Å². The molecule has 0 aliphatic carbocycles. The molecule has 2 aromatic carbocycles. The van der Waals surface area contributed by atoms with Crippen molar-refractivity contribution in [1.82, 2.24) is 0 Å². The second-order valence-corrected chi connectivity index (χ2v) is 15.9. The summed E-state index contributed by atoms with van der Waals surface area (Å²) in [6.45, 7) is 0. The molecule has 0 N–H and O–H groups in total. The molecule has 0 unspecified atom stereocenters. The number of halogens is 9. The molecule has 12 heteroatoms. The van der Waals surface area contributed by atoms with E-state index >= 15 is 0 Å². The molecule has 0 spiro atoms. The summed E-state index contributed by atoms with van der Waals surface area (Å²) in [5, 5.41) is 0. The van der Waals surface area contributed by atoms with Crippen molar-refractivity contribution in [1.29, 1.82) is 0 Å². The Morgan fingerprint density at radius 3 is 0.962 bits per heavy atom. The molecule has 2 aromatic rings. The van der Waals surface area contributed by atoms with Crippen LogP contribution < -0.4 is 15.7 Å². The van der Waals surface area contributed by atoms with Gasteiger partial charge in [0.2, 0.25) is 0 Å². The van der Waals surface area contributed by atoms with Gasteiger partial charge in [-0.05, 0) is 0 Å². The molecule has 0 saturated heterocycles. The average Bonchev–Trinajstić information content (AvgIpc) is 2.60. The van der Waals surface area contributed by atoms with E-state index in [-0.39, 0.29) is 0 Å². The Balaban J connectivity index is 2.82. The molecule has 0 saturated carbocycles. The zero-order valence-corrected chi connectivity index (χ0v) is 18.0. The van der Waals surface area contributed by atoms with Gasteiger partial charge in [0.05, 0.1) is 0 Å². The van der Waals surface area contributed by atoms with E-state index in [1.54, 1.807) is 0 Å². The average molecular weight is 598 g/mol. The summed E-state index contributed by atoms with van der Waals surface area (Å²) >= 11 is -5.36. The van der Waals surface area contributed by atoms with Crippen LogP contribution in [0.5, 0.6) is 11.5 Å². The Hall–Kier alpha value is -1.31. The molecule has 2 nitrogen and oxygen atoms in total. The molecule has 0 heterocycles. The maximum atomic E-state index is 14.1. The van der Waals surface area contributed by atoms with Crippen molar-refractivity contribution in [3.05, 3.63) is 46.5 Å². The zero-order chi connectivity index (χ0) is 19.9. The molecular formula is C14H6ClF8O2Tl. The molecule has 0 aliphatic rings. The second-order valence-electron chi connectivity index (χ2n) is 4.77. The summed E-state index contributed by atoms with van der Waals surface area (Å²) in [6, 6.07) is 0. The number of hydrogen-bond donors (Lipinski definition) is 0. The minimum atomic E-state index is -5.36. The van der Waals surface area contributed by atoms with Crippen LogP contribution in [0, 0.1) is 46.5 Å². The molecule has 0 atom stereocenters. The number of hydrogen-bond acceptors (Lipinski definition) is 2. The fraction of sp³-hybridized carbons (Fsp3) is 0.143. The molecular weight excluding hydrogens is 592 g/mol. The predicted octanol–water partition coefficient (Wildman–Crippen LogP) is 3.16. The fourth-order valence-electron chi connectivity index (χ4n) is 2.20. The number of ether oxygens (including phenoxy) is 2. The van der Waals surface area contributed by atoms with Crippen molar-refractivity contribution in [2.24, 2.45) is 0 Å². The zero-order valence-electron chi connectivity index (χ0n) is 12.8. The third-order valence-electron chi connectivity index (χ3n) is 3.43.